The number of H-pyrrole nitrogens is 1. The summed E-state index contributed by atoms with van der Waals surface area (Å²) >= 11 is 7.85. The molecule has 0 saturated heterocycles. The summed E-state index contributed by atoms with van der Waals surface area (Å²) in [7, 11) is 0. The third-order valence-electron chi connectivity index (χ3n) is 6.15. The lowest BCUT2D eigenvalue weighted by atomic mass is 9.92. The Balaban J connectivity index is 1.65. The second kappa shape index (κ2) is 10.1. The van der Waals surface area contributed by atoms with Gasteiger partial charge in [0.25, 0.3) is 5.56 Å². The van der Waals surface area contributed by atoms with Crippen LogP contribution >= 0.6 is 22.9 Å². The average Bonchev–Trinajstić information content (AvgIpc) is 3.54. The molecule has 2 aromatic carbocycles. The van der Waals surface area contributed by atoms with Crippen molar-refractivity contribution in [3.63, 3.8) is 0 Å². The van der Waals surface area contributed by atoms with Crippen LogP contribution in [-0.4, -0.2) is 32.7 Å². The highest BCUT2D eigenvalue weighted by molar-refractivity contribution is 7.10. The van der Waals surface area contributed by atoms with Gasteiger partial charge in [-0.15, -0.1) is 11.3 Å². The molecule has 3 heterocycles. The SMILES string of the molecule is O=C(O)CCCC(=O)N1N=C(c2c(-c3ccccc3)c3cc(Cl)ccc3[nH]c2=O)C[C@H]1c1cccs1. The van der Waals surface area contributed by atoms with Crippen LogP contribution in [0.25, 0.3) is 22.0 Å². The Morgan fingerprint density at radius 2 is 1.89 bits per heavy atom. The molecule has 0 fully saturated rings. The predicted molar refractivity (Wildman–Crippen MR) is 142 cm³/mol. The molecule has 182 valence electrons. The van der Waals surface area contributed by atoms with Gasteiger partial charge in [-0.3, -0.25) is 14.4 Å². The van der Waals surface area contributed by atoms with Crippen molar-refractivity contribution in [1.82, 2.24) is 9.99 Å². The molecule has 0 spiro atoms. The number of pyridine rings is 1. The molecule has 2 N–H and O–H groups in total. The molecule has 9 heteroatoms. The van der Waals surface area contributed by atoms with E-state index in [9.17, 15) is 14.4 Å². The van der Waals surface area contributed by atoms with Crippen LogP contribution < -0.4 is 5.56 Å². The number of carboxylic acid groups (broad SMARTS) is 1. The van der Waals surface area contributed by atoms with Crippen molar-refractivity contribution >= 4 is 51.4 Å². The van der Waals surface area contributed by atoms with Crippen LogP contribution in [0.3, 0.4) is 0 Å². The van der Waals surface area contributed by atoms with Crippen LogP contribution in [0.2, 0.25) is 5.02 Å². The number of aliphatic carboxylic acids is 1. The van der Waals surface area contributed by atoms with Crippen molar-refractivity contribution in [2.24, 2.45) is 5.10 Å². The Morgan fingerprint density at radius 1 is 1.08 bits per heavy atom. The van der Waals surface area contributed by atoms with Crippen molar-refractivity contribution < 1.29 is 14.7 Å². The van der Waals surface area contributed by atoms with E-state index in [0.29, 0.717) is 33.8 Å². The fourth-order valence-corrected chi connectivity index (χ4v) is 5.53. The summed E-state index contributed by atoms with van der Waals surface area (Å²) < 4.78 is 0. The van der Waals surface area contributed by atoms with Crippen LogP contribution in [0.1, 0.15) is 42.2 Å². The largest absolute Gasteiger partial charge is 0.481 e. The van der Waals surface area contributed by atoms with E-state index >= 15 is 0 Å². The zero-order chi connectivity index (χ0) is 25.2. The molecular weight excluding hydrogens is 498 g/mol. The third-order valence-corrected chi connectivity index (χ3v) is 7.35. The third kappa shape index (κ3) is 4.69. The van der Waals surface area contributed by atoms with E-state index < -0.39 is 5.97 Å². The normalized spacial score (nSPS) is 15.3. The number of benzene rings is 2. The summed E-state index contributed by atoms with van der Waals surface area (Å²) in [6.45, 7) is 0. The van der Waals surface area contributed by atoms with E-state index in [1.54, 1.807) is 12.1 Å². The highest BCUT2D eigenvalue weighted by Gasteiger charge is 2.35. The predicted octanol–water partition coefficient (Wildman–Crippen LogP) is 5.84. The molecule has 4 aromatic rings. The standard InChI is InChI=1S/C27H22ClN3O4S/c28-17-11-12-19-18(14-17)25(16-6-2-1-3-7-16)26(27(35)29-19)20-15-21(22-8-5-13-36-22)31(30-20)23(32)9-4-10-24(33)34/h1-3,5-8,11-14,21H,4,9-10,15H2,(H,29,35)(H,33,34)/t21-/m0/s1. The summed E-state index contributed by atoms with van der Waals surface area (Å²) in [4.78, 5) is 41.4. The van der Waals surface area contributed by atoms with Gasteiger partial charge < -0.3 is 10.1 Å². The number of rotatable bonds is 7. The Bertz CT molecular complexity index is 1530. The van der Waals surface area contributed by atoms with Gasteiger partial charge in [0.2, 0.25) is 5.91 Å². The number of hydrogen-bond acceptors (Lipinski definition) is 5. The van der Waals surface area contributed by atoms with Crippen molar-refractivity contribution in [1.29, 1.82) is 0 Å². The van der Waals surface area contributed by atoms with Gasteiger partial charge in [-0.25, -0.2) is 5.01 Å². The molecule has 0 radical (unpaired) electrons. The van der Waals surface area contributed by atoms with Gasteiger partial charge in [0, 0.05) is 45.6 Å². The first kappa shape index (κ1) is 24.0. The minimum absolute atomic E-state index is 0.0557. The van der Waals surface area contributed by atoms with Crippen molar-refractivity contribution in [3.05, 3.63) is 91.9 Å². The quantitative estimate of drug-likeness (QED) is 0.320. The first-order valence-corrected chi connectivity index (χ1v) is 12.7. The maximum atomic E-state index is 13.5. The van der Waals surface area contributed by atoms with Crippen LogP contribution in [-0.2, 0) is 9.59 Å². The maximum absolute atomic E-state index is 13.5. The Morgan fingerprint density at radius 3 is 2.61 bits per heavy atom. The zero-order valence-corrected chi connectivity index (χ0v) is 20.7. The number of hydrazone groups is 1. The number of thiophene rings is 1. The summed E-state index contributed by atoms with van der Waals surface area (Å²) in [5.41, 5.74) is 2.81. The van der Waals surface area contributed by atoms with E-state index in [1.807, 2.05) is 53.9 Å². The number of aromatic nitrogens is 1. The topological polar surface area (TPSA) is 103 Å². The molecular formula is C27H22ClN3O4S. The number of fused-ring (bicyclic) bond motifs is 1. The number of nitrogens with zero attached hydrogens (tertiary/aromatic N) is 2. The zero-order valence-electron chi connectivity index (χ0n) is 19.1. The van der Waals surface area contributed by atoms with Crippen LogP contribution in [0.5, 0.6) is 0 Å². The molecule has 0 saturated carbocycles. The molecule has 1 aliphatic heterocycles. The van der Waals surface area contributed by atoms with Crippen molar-refractivity contribution in [3.8, 4) is 11.1 Å². The highest BCUT2D eigenvalue weighted by Crippen LogP contribution is 2.38. The molecule has 0 unspecified atom stereocenters. The number of carbonyl (C=O) groups excluding carboxylic acids is 1. The van der Waals surface area contributed by atoms with E-state index in [0.717, 1.165) is 15.8 Å². The van der Waals surface area contributed by atoms with E-state index in [4.69, 9.17) is 16.7 Å². The first-order chi connectivity index (χ1) is 17.4. The van der Waals surface area contributed by atoms with Gasteiger partial charge in [0.05, 0.1) is 17.3 Å². The highest BCUT2D eigenvalue weighted by atomic mass is 35.5. The number of nitrogens with one attached hydrogen (secondary N) is 1. The van der Waals surface area contributed by atoms with E-state index in [2.05, 4.69) is 10.1 Å². The molecule has 1 amide bonds. The van der Waals surface area contributed by atoms with Crippen LogP contribution in [0, 0.1) is 0 Å². The summed E-state index contributed by atoms with van der Waals surface area (Å²) in [5.74, 6) is -1.22. The molecule has 7 nitrogen and oxygen atoms in total. The lowest BCUT2D eigenvalue weighted by Gasteiger charge is -2.20. The number of hydrogen-bond donors (Lipinski definition) is 2. The number of halogens is 1. The molecule has 1 aliphatic rings. The summed E-state index contributed by atoms with van der Waals surface area (Å²) in [6.07, 6.45) is 0.542. The average molecular weight is 520 g/mol. The minimum Gasteiger partial charge on any atom is -0.481 e. The number of aromatic amines is 1. The second-order valence-electron chi connectivity index (χ2n) is 8.53. The fourth-order valence-electron chi connectivity index (χ4n) is 4.54. The van der Waals surface area contributed by atoms with Gasteiger partial charge in [-0.2, -0.15) is 5.10 Å². The van der Waals surface area contributed by atoms with Crippen molar-refractivity contribution in [2.75, 3.05) is 0 Å². The Hall–Kier alpha value is -3.75. The second-order valence-corrected chi connectivity index (χ2v) is 9.94. The Kier molecular flexibility index (Phi) is 6.71. The Labute approximate surface area is 215 Å². The minimum atomic E-state index is -0.947. The maximum Gasteiger partial charge on any atom is 0.303 e. The van der Waals surface area contributed by atoms with Gasteiger partial charge in [-0.1, -0.05) is 48.0 Å². The van der Waals surface area contributed by atoms with Crippen LogP contribution in [0.4, 0.5) is 0 Å². The van der Waals surface area contributed by atoms with Gasteiger partial charge >= 0.3 is 5.97 Å². The molecule has 36 heavy (non-hydrogen) atoms. The lowest BCUT2D eigenvalue weighted by molar-refractivity contribution is -0.137. The van der Waals surface area contributed by atoms with Gasteiger partial charge in [-0.05, 0) is 41.6 Å². The number of amides is 1. The number of carboxylic acids is 1. The van der Waals surface area contributed by atoms with E-state index in [-0.39, 0.29) is 36.8 Å². The lowest BCUT2D eigenvalue weighted by Crippen LogP contribution is -2.26. The molecule has 1 atom stereocenters. The molecule has 5 rings (SSSR count). The van der Waals surface area contributed by atoms with Crippen LogP contribution in [0.15, 0.2) is 75.9 Å². The monoisotopic (exact) mass is 519 g/mol. The molecule has 0 bridgehead atoms. The first-order valence-electron chi connectivity index (χ1n) is 11.5. The smallest absolute Gasteiger partial charge is 0.303 e. The summed E-state index contributed by atoms with van der Waals surface area (Å²) in [5, 5.41) is 18.3. The molecule has 0 aliphatic carbocycles. The van der Waals surface area contributed by atoms with E-state index in [1.165, 1.54) is 16.3 Å². The van der Waals surface area contributed by atoms with Gasteiger partial charge in [0.1, 0.15) is 0 Å². The fraction of sp³-hybridized carbons (Fsp3) is 0.185. The summed E-state index contributed by atoms with van der Waals surface area (Å²) in [6, 6.07) is 18.4. The number of carbonyl (C=O) groups is 2. The molecule has 2 aromatic heterocycles. The van der Waals surface area contributed by atoms with Gasteiger partial charge in [0.15, 0.2) is 0 Å². The van der Waals surface area contributed by atoms with Crippen molar-refractivity contribution in [2.45, 2.75) is 31.7 Å².